The maximum atomic E-state index is 15.4. The van der Waals surface area contributed by atoms with Crippen LogP contribution in [0.3, 0.4) is 0 Å². The number of aliphatic hydroxyl groups is 1. The molecular weight excluding hydrogens is 371 g/mol. The van der Waals surface area contributed by atoms with Crippen LogP contribution in [0.15, 0.2) is 17.1 Å². The van der Waals surface area contributed by atoms with Crippen molar-refractivity contribution in [1.29, 1.82) is 0 Å². The second-order valence-corrected chi connectivity index (χ2v) is 6.86. The minimum absolute atomic E-state index is 0.0940. The zero-order valence-electron chi connectivity index (χ0n) is 14.4. The molecule has 0 aliphatic carbocycles. The Morgan fingerprint density at radius 1 is 1.65 bits per heavy atom. The minimum atomic E-state index is -2.65. The number of anilines is 1. The maximum Gasteiger partial charge on any atom is 0.352 e. The van der Waals surface area contributed by atoms with Gasteiger partial charge >= 0.3 is 11.7 Å². The third kappa shape index (κ3) is 3.54. The molecule has 1 fully saturated rings. The molecule has 0 bridgehead atoms. The van der Waals surface area contributed by atoms with Crippen molar-refractivity contribution in [1.82, 2.24) is 9.55 Å². The minimum Gasteiger partial charge on any atom is -0.461 e. The van der Waals surface area contributed by atoms with Gasteiger partial charge in [-0.2, -0.15) is 4.98 Å². The molecule has 0 amide bonds. The van der Waals surface area contributed by atoms with Crippen LogP contribution < -0.4 is 17.2 Å². The molecule has 2 rings (SSSR count). The fourth-order valence-electron chi connectivity index (χ4n) is 2.54. The van der Waals surface area contributed by atoms with Crippen molar-refractivity contribution >= 4 is 23.4 Å². The SMILES string of the molecule is CC(C)C(N)C(=O)OC[C@@]1(CCl)OC[C@@](F)(n2ccc(N)nc2=O)[C@@H]1O. The van der Waals surface area contributed by atoms with Gasteiger partial charge in [0.2, 0.25) is 5.79 Å². The molecule has 9 nitrogen and oxygen atoms in total. The number of nitrogens with two attached hydrogens (primary N) is 2. The molecule has 0 radical (unpaired) electrons. The van der Waals surface area contributed by atoms with E-state index in [0.717, 1.165) is 6.20 Å². The number of ether oxygens (including phenoxy) is 2. The number of hydrogen-bond acceptors (Lipinski definition) is 8. The second kappa shape index (κ2) is 7.47. The standard InChI is InChI=1S/C15H22ClFN4O5/c1-8(2)10(19)11(22)25-6-14(5-16)12(23)15(17,7-26-14)21-4-3-9(18)20-13(21)24/h3-4,8,10,12,23H,5-7,19H2,1-2H3,(H2,18,20,24)/t10?,12-,14-,15-/m1/s1. The van der Waals surface area contributed by atoms with Gasteiger partial charge in [0.05, 0.1) is 5.88 Å². The number of esters is 1. The Kier molecular flexibility index (Phi) is 5.91. The first kappa shape index (κ1) is 20.6. The molecular formula is C15H22ClFN4O5. The summed E-state index contributed by atoms with van der Waals surface area (Å²) in [6.07, 6.45) is -0.846. The summed E-state index contributed by atoms with van der Waals surface area (Å²) in [6, 6.07) is 0.317. The van der Waals surface area contributed by atoms with Crippen molar-refractivity contribution in [2.45, 2.75) is 37.4 Å². The Balaban J connectivity index is 2.24. The normalized spacial score (nSPS) is 29.7. The van der Waals surface area contributed by atoms with Crippen LogP contribution in [-0.4, -0.2) is 57.5 Å². The molecule has 11 heteroatoms. The highest BCUT2D eigenvalue weighted by atomic mass is 35.5. The molecule has 5 N–H and O–H groups in total. The first-order chi connectivity index (χ1) is 12.1. The van der Waals surface area contributed by atoms with Crippen LogP contribution in [0.5, 0.6) is 0 Å². The average Bonchev–Trinajstić information content (AvgIpc) is 2.85. The lowest BCUT2D eigenvalue weighted by Crippen LogP contribution is -2.55. The maximum absolute atomic E-state index is 15.4. The van der Waals surface area contributed by atoms with E-state index in [4.69, 9.17) is 32.5 Å². The lowest BCUT2D eigenvalue weighted by atomic mass is 9.95. The van der Waals surface area contributed by atoms with Gasteiger partial charge in [0.1, 0.15) is 36.8 Å². The van der Waals surface area contributed by atoms with Crippen molar-refractivity contribution in [2.75, 3.05) is 24.8 Å². The summed E-state index contributed by atoms with van der Waals surface area (Å²) < 4.78 is 26.4. The number of carbonyl (C=O) groups is 1. The topological polar surface area (TPSA) is 143 Å². The Bertz CT molecular complexity index is 732. The van der Waals surface area contributed by atoms with Crippen LogP contribution in [0, 0.1) is 5.92 Å². The lowest BCUT2D eigenvalue weighted by Gasteiger charge is -2.32. The summed E-state index contributed by atoms with van der Waals surface area (Å²) in [6.45, 7) is 2.24. The first-order valence-electron chi connectivity index (χ1n) is 7.92. The van der Waals surface area contributed by atoms with Gasteiger partial charge in [0.15, 0.2) is 0 Å². The molecule has 1 aromatic rings. The van der Waals surface area contributed by atoms with Gasteiger partial charge < -0.3 is 26.0 Å². The zero-order valence-corrected chi connectivity index (χ0v) is 15.1. The number of hydrogen-bond donors (Lipinski definition) is 3. The third-order valence-corrected chi connectivity index (χ3v) is 4.83. The van der Waals surface area contributed by atoms with Crippen molar-refractivity contribution in [2.24, 2.45) is 11.7 Å². The van der Waals surface area contributed by atoms with Crippen molar-refractivity contribution in [3.8, 4) is 0 Å². The smallest absolute Gasteiger partial charge is 0.352 e. The number of aliphatic hydroxyl groups excluding tert-OH is 1. The van der Waals surface area contributed by atoms with Gasteiger partial charge in [-0.05, 0) is 12.0 Å². The van der Waals surface area contributed by atoms with Gasteiger partial charge in [0.25, 0.3) is 0 Å². The van der Waals surface area contributed by atoms with Crippen LogP contribution >= 0.6 is 11.6 Å². The largest absolute Gasteiger partial charge is 0.461 e. The highest BCUT2D eigenvalue weighted by molar-refractivity contribution is 6.18. The summed E-state index contributed by atoms with van der Waals surface area (Å²) in [4.78, 5) is 27.3. The van der Waals surface area contributed by atoms with E-state index in [1.54, 1.807) is 13.8 Å². The molecule has 0 spiro atoms. The molecule has 1 unspecified atom stereocenters. The number of aromatic nitrogens is 2. The summed E-state index contributed by atoms with van der Waals surface area (Å²) in [7, 11) is 0. The van der Waals surface area contributed by atoms with E-state index in [1.165, 1.54) is 6.07 Å². The van der Waals surface area contributed by atoms with Gasteiger partial charge in [0, 0.05) is 6.20 Å². The highest BCUT2D eigenvalue weighted by Crippen LogP contribution is 2.40. The number of rotatable bonds is 6. The molecule has 26 heavy (non-hydrogen) atoms. The van der Waals surface area contributed by atoms with Crippen molar-refractivity contribution in [3.63, 3.8) is 0 Å². The van der Waals surface area contributed by atoms with Gasteiger partial charge in [-0.3, -0.25) is 9.36 Å². The van der Waals surface area contributed by atoms with Crippen LogP contribution in [0.25, 0.3) is 0 Å². The Hall–Kier alpha value is -1.75. The number of carbonyl (C=O) groups excluding carboxylic acids is 1. The average molecular weight is 393 g/mol. The Morgan fingerprint density at radius 2 is 2.31 bits per heavy atom. The number of nitrogen functional groups attached to an aromatic ring is 1. The fourth-order valence-corrected chi connectivity index (χ4v) is 2.84. The molecule has 1 saturated heterocycles. The monoisotopic (exact) mass is 392 g/mol. The van der Waals surface area contributed by atoms with Crippen LogP contribution in [0.1, 0.15) is 13.8 Å². The van der Waals surface area contributed by atoms with Gasteiger partial charge in [-0.25, -0.2) is 9.18 Å². The Morgan fingerprint density at radius 3 is 2.85 bits per heavy atom. The molecule has 1 aliphatic heterocycles. The fraction of sp³-hybridized carbons (Fsp3) is 0.667. The van der Waals surface area contributed by atoms with Crippen molar-refractivity contribution in [3.05, 3.63) is 22.7 Å². The quantitative estimate of drug-likeness (QED) is 0.428. The molecule has 0 aromatic carbocycles. The predicted octanol–water partition coefficient (Wildman–Crippen LogP) is -0.657. The van der Waals surface area contributed by atoms with Gasteiger partial charge in [-0.15, -0.1) is 11.6 Å². The second-order valence-electron chi connectivity index (χ2n) is 6.59. The summed E-state index contributed by atoms with van der Waals surface area (Å²) in [5.74, 6) is -4.05. The molecule has 4 atom stereocenters. The van der Waals surface area contributed by atoms with E-state index in [-0.39, 0.29) is 17.6 Å². The van der Waals surface area contributed by atoms with E-state index in [9.17, 15) is 14.7 Å². The van der Waals surface area contributed by atoms with E-state index in [1.807, 2.05) is 0 Å². The highest BCUT2D eigenvalue weighted by Gasteiger charge is 2.61. The van der Waals surface area contributed by atoms with E-state index in [0.29, 0.717) is 4.57 Å². The zero-order chi connectivity index (χ0) is 19.7. The van der Waals surface area contributed by atoms with Crippen LogP contribution in [0.4, 0.5) is 10.2 Å². The van der Waals surface area contributed by atoms with Gasteiger partial charge in [-0.1, -0.05) is 13.8 Å². The van der Waals surface area contributed by atoms with Crippen LogP contribution in [-0.2, 0) is 20.1 Å². The predicted molar refractivity (Wildman–Crippen MR) is 91.2 cm³/mol. The number of halogens is 2. The first-order valence-corrected chi connectivity index (χ1v) is 8.45. The van der Waals surface area contributed by atoms with E-state index in [2.05, 4.69) is 4.98 Å². The van der Waals surface area contributed by atoms with E-state index >= 15 is 4.39 Å². The molecule has 1 aromatic heterocycles. The Labute approximate surface area is 154 Å². The molecule has 2 heterocycles. The summed E-state index contributed by atoms with van der Waals surface area (Å²) in [5.41, 5.74) is 8.33. The molecule has 146 valence electrons. The number of alkyl halides is 2. The van der Waals surface area contributed by atoms with Crippen LogP contribution in [0.2, 0.25) is 0 Å². The van der Waals surface area contributed by atoms with Crippen molar-refractivity contribution < 1.29 is 23.8 Å². The van der Waals surface area contributed by atoms with E-state index < -0.39 is 48.4 Å². The lowest BCUT2D eigenvalue weighted by molar-refractivity contribution is -0.159. The molecule has 1 aliphatic rings. The number of nitrogens with zero attached hydrogens (tertiary/aromatic N) is 2. The summed E-state index contributed by atoms with van der Waals surface area (Å²) >= 11 is 5.87. The molecule has 0 saturated carbocycles. The summed E-state index contributed by atoms with van der Waals surface area (Å²) in [5, 5.41) is 10.5. The third-order valence-electron chi connectivity index (χ3n) is 4.38.